The van der Waals surface area contributed by atoms with Gasteiger partial charge in [0.1, 0.15) is 0 Å². The minimum atomic E-state index is -0.598. The molecule has 2 rings (SSSR count). The fourth-order valence-corrected chi connectivity index (χ4v) is 3.00. The number of urea groups is 1. The number of esters is 1. The zero-order chi connectivity index (χ0) is 20.0. The Morgan fingerprint density at radius 2 is 1.89 bits per heavy atom. The number of nitrogens with zero attached hydrogens (tertiary/aromatic N) is 1. The molecule has 7 heteroatoms. The normalized spacial score (nSPS) is 16.8. The van der Waals surface area contributed by atoms with Gasteiger partial charge in [-0.2, -0.15) is 0 Å². The van der Waals surface area contributed by atoms with Crippen LogP contribution in [0.5, 0.6) is 0 Å². The van der Waals surface area contributed by atoms with E-state index in [-0.39, 0.29) is 11.9 Å². The molecule has 146 valence electrons. The summed E-state index contributed by atoms with van der Waals surface area (Å²) < 4.78 is 4.96. The van der Waals surface area contributed by atoms with Gasteiger partial charge in [0.25, 0.3) is 0 Å². The van der Waals surface area contributed by atoms with Crippen LogP contribution in [0.1, 0.15) is 51.6 Å². The zero-order valence-electron chi connectivity index (χ0n) is 16.3. The van der Waals surface area contributed by atoms with Crippen LogP contribution in [0.15, 0.2) is 35.5 Å². The summed E-state index contributed by atoms with van der Waals surface area (Å²) in [4.78, 5) is 38.1. The lowest BCUT2D eigenvalue weighted by atomic mass is 9.94. The van der Waals surface area contributed by atoms with Crippen LogP contribution < -0.4 is 10.6 Å². The Kier molecular flexibility index (Phi) is 6.98. The fraction of sp³-hybridized carbons (Fsp3) is 0.450. The van der Waals surface area contributed by atoms with Crippen LogP contribution in [-0.4, -0.2) is 36.5 Å². The highest BCUT2D eigenvalue weighted by atomic mass is 16.5. The van der Waals surface area contributed by atoms with E-state index >= 15 is 0 Å². The van der Waals surface area contributed by atoms with Crippen molar-refractivity contribution in [3.63, 3.8) is 0 Å². The Bertz CT molecular complexity index is 740. The summed E-state index contributed by atoms with van der Waals surface area (Å²) in [7, 11) is 1.33. The molecule has 0 saturated carbocycles. The van der Waals surface area contributed by atoms with Crippen molar-refractivity contribution in [2.45, 2.75) is 46.1 Å². The molecule has 0 saturated heterocycles. The van der Waals surface area contributed by atoms with E-state index < -0.39 is 12.0 Å². The van der Waals surface area contributed by atoms with Crippen molar-refractivity contribution < 1.29 is 19.1 Å². The number of carbonyl (C=O) groups is 3. The van der Waals surface area contributed by atoms with Gasteiger partial charge in [-0.1, -0.05) is 32.4 Å². The van der Waals surface area contributed by atoms with E-state index in [1.165, 1.54) is 7.11 Å². The molecule has 0 aliphatic carbocycles. The lowest BCUT2D eigenvalue weighted by Gasteiger charge is -2.35. The predicted octanol–water partition coefficient (Wildman–Crippen LogP) is 3.35. The first-order valence-electron chi connectivity index (χ1n) is 9.19. The van der Waals surface area contributed by atoms with E-state index in [4.69, 9.17) is 4.74 Å². The summed E-state index contributed by atoms with van der Waals surface area (Å²) in [5.74, 6) is -0.548. The standard InChI is InChI=1S/C20H27N3O4/c1-5-7-12-23-13(3)17(19(25)27-4)18(22-20(23)26)14-8-10-15(11-9-14)21-16(24)6-2/h8-11,18H,5-7,12H2,1-4H3,(H,21,24)(H,22,26). The largest absolute Gasteiger partial charge is 0.466 e. The van der Waals surface area contributed by atoms with Crippen molar-refractivity contribution in [1.29, 1.82) is 0 Å². The Morgan fingerprint density at radius 3 is 2.44 bits per heavy atom. The van der Waals surface area contributed by atoms with E-state index in [2.05, 4.69) is 10.6 Å². The number of benzene rings is 1. The van der Waals surface area contributed by atoms with Crippen LogP contribution in [-0.2, 0) is 14.3 Å². The first-order valence-corrected chi connectivity index (χ1v) is 9.19. The quantitative estimate of drug-likeness (QED) is 0.718. The van der Waals surface area contributed by atoms with Crippen molar-refractivity contribution in [2.75, 3.05) is 19.0 Å². The van der Waals surface area contributed by atoms with Crippen molar-refractivity contribution in [2.24, 2.45) is 0 Å². The molecule has 2 N–H and O–H groups in total. The molecule has 27 heavy (non-hydrogen) atoms. The number of amides is 3. The number of nitrogens with one attached hydrogen (secondary N) is 2. The van der Waals surface area contributed by atoms with Gasteiger partial charge in [0.2, 0.25) is 5.91 Å². The Balaban J connectivity index is 2.36. The topological polar surface area (TPSA) is 87.7 Å². The summed E-state index contributed by atoms with van der Waals surface area (Å²) >= 11 is 0. The first-order chi connectivity index (χ1) is 12.9. The monoisotopic (exact) mass is 373 g/mol. The highest BCUT2D eigenvalue weighted by molar-refractivity contribution is 5.95. The Labute approximate surface area is 159 Å². The molecule has 1 atom stereocenters. The number of hydrogen-bond donors (Lipinski definition) is 2. The van der Waals surface area contributed by atoms with Crippen LogP contribution in [0.4, 0.5) is 10.5 Å². The minimum absolute atomic E-state index is 0.0775. The third-order valence-corrected chi connectivity index (χ3v) is 4.59. The van der Waals surface area contributed by atoms with Crippen LogP contribution in [0.2, 0.25) is 0 Å². The number of carbonyl (C=O) groups excluding carboxylic acids is 3. The smallest absolute Gasteiger partial charge is 0.337 e. The zero-order valence-corrected chi connectivity index (χ0v) is 16.3. The maximum absolute atomic E-state index is 12.6. The molecule has 3 amide bonds. The van der Waals surface area contributed by atoms with Crippen LogP contribution in [0.3, 0.4) is 0 Å². The van der Waals surface area contributed by atoms with Gasteiger partial charge in [0, 0.05) is 24.4 Å². The number of anilines is 1. The number of rotatable bonds is 7. The van der Waals surface area contributed by atoms with Gasteiger partial charge in [-0.15, -0.1) is 0 Å². The van der Waals surface area contributed by atoms with E-state index in [9.17, 15) is 14.4 Å². The van der Waals surface area contributed by atoms with E-state index in [1.807, 2.05) is 6.92 Å². The van der Waals surface area contributed by atoms with Crippen LogP contribution in [0, 0.1) is 0 Å². The van der Waals surface area contributed by atoms with E-state index in [0.29, 0.717) is 29.9 Å². The van der Waals surface area contributed by atoms with Gasteiger partial charge in [-0.3, -0.25) is 9.69 Å². The number of methoxy groups -OCH3 is 1. The predicted molar refractivity (Wildman–Crippen MR) is 103 cm³/mol. The molecule has 1 unspecified atom stereocenters. The number of unbranched alkanes of at least 4 members (excludes halogenated alkanes) is 1. The highest BCUT2D eigenvalue weighted by Gasteiger charge is 2.35. The third kappa shape index (κ3) is 4.67. The van der Waals surface area contributed by atoms with Gasteiger partial charge in [-0.25, -0.2) is 9.59 Å². The van der Waals surface area contributed by atoms with E-state index in [0.717, 1.165) is 18.4 Å². The fourth-order valence-electron chi connectivity index (χ4n) is 3.00. The highest BCUT2D eigenvalue weighted by Crippen LogP contribution is 2.32. The molecule has 1 aliphatic heterocycles. The molecule has 0 aromatic heterocycles. The first kappa shape index (κ1) is 20.5. The van der Waals surface area contributed by atoms with Gasteiger partial charge in [-0.05, 0) is 31.0 Å². The summed E-state index contributed by atoms with van der Waals surface area (Å²) in [5.41, 5.74) is 2.43. The lowest BCUT2D eigenvalue weighted by Crippen LogP contribution is -2.48. The molecule has 0 spiro atoms. The van der Waals surface area contributed by atoms with Crippen molar-refractivity contribution in [3.05, 3.63) is 41.1 Å². The van der Waals surface area contributed by atoms with Crippen molar-refractivity contribution >= 4 is 23.6 Å². The molecular formula is C20H27N3O4. The Morgan fingerprint density at radius 1 is 1.22 bits per heavy atom. The second-order valence-corrected chi connectivity index (χ2v) is 6.40. The second-order valence-electron chi connectivity index (χ2n) is 6.40. The van der Waals surface area contributed by atoms with Gasteiger partial charge in [0.15, 0.2) is 0 Å². The number of hydrogen-bond acceptors (Lipinski definition) is 4. The molecule has 1 aliphatic rings. The molecular weight excluding hydrogens is 346 g/mol. The van der Waals surface area contributed by atoms with Gasteiger partial charge < -0.3 is 15.4 Å². The van der Waals surface area contributed by atoms with Gasteiger partial charge in [0.05, 0.1) is 18.7 Å². The van der Waals surface area contributed by atoms with Crippen molar-refractivity contribution in [3.8, 4) is 0 Å². The Hall–Kier alpha value is -2.83. The third-order valence-electron chi connectivity index (χ3n) is 4.59. The second kappa shape index (κ2) is 9.21. The number of allylic oxidation sites excluding steroid dienone is 1. The molecule has 7 nitrogen and oxygen atoms in total. The molecule has 0 radical (unpaired) electrons. The summed E-state index contributed by atoms with van der Waals surface area (Å²) in [6.45, 7) is 6.14. The summed E-state index contributed by atoms with van der Waals surface area (Å²) in [5, 5.41) is 5.68. The molecule has 0 fully saturated rings. The van der Waals surface area contributed by atoms with Crippen LogP contribution >= 0.6 is 0 Å². The SMILES string of the molecule is CCCCN1C(=O)NC(c2ccc(NC(=O)CC)cc2)C(C(=O)OC)=C1C. The van der Waals surface area contributed by atoms with Crippen LogP contribution in [0.25, 0.3) is 0 Å². The summed E-state index contributed by atoms with van der Waals surface area (Å²) in [6.07, 6.45) is 2.18. The van der Waals surface area contributed by atoms with Gasteiger partial charge >= 0.3 is 12.0 Å². The maximum Gasteiger partial charge on any atom is 0.337 e. The maximum atomic E-state index is 12.6. The summed E-state index contributed by atoms with van der Waals surface area (Å²) in [6, 6.07) is 6.24. The average Bonchev–Trinajstić information content (AvgIpc) is 2.67. The molecule has 1 aromatic rings. The molecule has 1 aromatic carbocycles. The average molecular weight is 373 g/mol. The van der Waals surface area contributed by atoms with E-state index in [1.54, 1.807) is 43.0 Å². The number of ether oxygens (including phenoxy) is 1. The molecule has 0 bridgehead atoms. The lowest BCUT2D eigenvalue weighted by molar-refractivity contribution is -0.136. The molecule has 1 heterocycles. The van der Waals surface area contributed by atoms with Crippen molar-refractivity contribution in [1.82, 2.24) is 10.2 Å². The minimum Gasteiger partial charge on any atom is -0.466 e.